The van der Waals surface area contributed by atoms with Crippen molar-refractivity contribution < 1.29 is 19.4 Å². The Morgan fingerprint density at radius 3 is 2.68 bits per heavy atom. The first-order valence-corrected chi connectivity index (χ1v) is 10.9. The average molecular weight is 443 g/mol. The van der Waals surface area contributed by atoms with Gasteiger partial charge in [-0.2, -0.15) is 5.10 Å². The molecule has 0 amide bonds. The van der Waals surface area contributed by atoms with Gasteiger partial charge in [0.05, 0.1) is 17.4 Å². The Kier molecular flexibility index (Phi) is 3.91. The third-order valence-electron chi connectivity index (χ3n) is 7.48. The Balaban J connectivity index is 1.35. The van der Waals surface area contributed by atoms with Gasteiger partial charge in [-0.25, -0.2) is 4.68 Å². The maximum atomic E-state index is 13.3. The number of halogens is 1. The van der Waals surface area contributed by atoms with Crippen LogP contribution >= 0.6 is 11.6 Å². The van der Waals surface area contributed by atoms with Crippen molar-refractivity contribution in [2.45, 2.75) is 44.1 Å². The number of rotatable bonds is 4. The van der Waals surface area contributed by atoms with E-state index in [1.165, 1.54) is 4.68 Å². The van der Waals surface area contributed by atoms with Crippen LogP contribution in [0.2, 0.25) is 5.02 Å². The summed E-state index contributed by atoms with van der Waals surface area (Å²) in [7, 11) is 0. The molecular weight excluding hydrogens is 422 g/mol. The fourth-order valence-electron chi connectivity index (χ4n) is 6.69. The summed E-state index contributed by atoms with van der Waals surface area (Å²) in [6.07, 6.45) is 5.74. The van der Waals surface area contributed by atoms with E-state index >= 15 is 0 Å². The molecule has 0 radical (unpaired) electrons. The van der Waals surface area contributed by atoms with E-state index in [1.54, 1.807) is 24.4 Å². The van der Waals surface area contributed by atoms with Crippen LogP contribution < -0.4 is 25.5 Å². The van der Waals surface area contributed by atoms with Crippen LogP contribution in [0.1, 0.15) is 38.5 Å². The fraction of sp³-hybridized carbons (Fsp3) is 0.500. The van der Waals surface area contributed by atoms with Gasteiger partial charge in [-0.3, -0.25) is 4.79 Å². The standard InChI is InChI=1S/C22H22ClN3O5/c23-18-15(25-14-1-2-16-17(4-14)31-11-30-16)9-24-26(19(18)27)22-7-12-3-13(8-22)6-21(5-12,10-22)20(28)29/h1-2,4,9,12-13,25H,3,5-8,10-11H2,(H,28,29)/p-1/t12-,13+,21?,22?. The van der Waals surface area contributed by atoms with Crippen LogP contribution in [0, 0.1) is 17.3 Å². The smallest absolute Gasteiger partial charge is 0.288 e. The predicted molar refractivity (Wildman–Crippen MR) is 109 cm³/mol. The highest BCUT2D eigenvalue weighted by Crippen LogP contribution is 2.63. The molecule has 9 heteroatoms. The Hall–Kier alpha value is -2.74. The summed E-state index contributed by atoms with van der Waals surface area (Å²) >= 11 is 6.48. The lowest BCUT2D eigenvalue weighted by molar-refractivity contribution is -0.329. The molecule has 2 unspecified atom stereocenters. The molecule has 7 rings (SSSR count). The van der Waals surface area contributed by atoms with Crippen molar-refractivity contribution in [3.63, 3.8) is 0 Å². The first-order chi connectivity index (χ1) is 14.9. The van der Waals surface area contributed by atoms with Crippen molar-refractivity contribution in [2.24, 2.45) is 17.3 Å². The molecule has 2 aromatic rings. The highest BCUT2D eigenvalue weighted by molar-refractivity contribution is 6.33. The molecular formula is C22H21ClN3O5-. The van der Waals surface area contributed by atoms with E-state index in [0.29, 0.717) is 42.1 Å². The van der Waals surface area contributed by atoms with Gasteiger partial charge in [0.2, 0.25) is 6.79 Å². The van der Waals surface area contributed by atoms with Crippen molar-refractivity contribution >= 4 is 28.9 Å². The van der Waals surface area contributed by atoms with Crippen LogP contribution in [0.3, 0.4) is 0 Å². The first kappa shape index (κ1) is 19.0. The number of aromatic nitrogens is 2. The van der Waals surface area contributed by atoms with Crippen LogP contribution in [0.4, 0.5) is 11.4 Å². The third-order valence-corrected chi connectivity index (χ3v) is 7.85. The number of nitrogens with one attached hydrogen (secondary N) is 1. The molecule has 4 atom stereocenters. The van der Waals surface area contributed by atoms with Crippen molar-refractivity contribution in [1.29, 1.82) is 0 Å². The minimum absolute atomic E-state index is 0.0333. The second-order valence-corrected chi connectivity index (χ2v) is 9.91. The molecule has 1 aliphatic heterocycles. The number of carboxylic acids is 1. The van der Waals surface area contributed by atoms with Gasteiger partial charge >= 0.3 is 0 Å². The second kappa shape index (κ2) is 6.38. The van der Waals surface area contributed by atoms with E-state index in [2.05, 4.69) is 10.4 Å². The van der Waals surface area contributed by atoms with E-state index in [0.717, 1.165) is 19.3 Å². The summed E-state index contributed by atoms with van der Waals surface area (Å²) in [6, 6.07) is 5.35. The van der Waals surface area contributed by atoms with Gasteiger partial charge in [-0.05, 0) is 62.5 Å². The minimum Gasteiger partial charge on any atom is -0.550 e. The highest BCUT2D eigenvalue weighted by Gasteiger charge is 2.60. The van der Waals surface area contributed by atoms with Gasteiger partial charge < -0.3 is 24.7 Å². The number of carboxylic acid groups (broad SMARTS) is 1. The number of carbonyl (C=O) groups is 1. The maximum Gasteiger partial charge on any atom is 0.288 e. The molecule has 8 nitrogen and oxygen atoms in total. The van der Waals surface area contributed by atoms with Gasteiger partial charge in [0.25, 0.3) is 5.56 Å². The zero-order valence-corrected chi connectivity index (χ0v) is 17.5. The Labute approximate surface area is 183 Å². The highest BCUT2D eigenvalue weighted by atomic mass is 35.5. The van der Waals surface area contributed by atoms with Crippen LogP contribution in [-0.2, 0) is 10.3 Å². The molecule has 4 saturated carbocycles. The number of carbonyl (C=O) groups excluding carboxylic acids is 1. The molecule has 4 aliphatic carbocycles. The van der Waals surface area contributed by atoms with Crippen LogP contribution in [-0.4, -0.2) is 22.5 Å². The number of hydrogen-bond donors (Lipinski definition) is 1. The lowest BCUT2D eigenvalue weighted by Crippen LogP contribution is -2.63. The lowest BCUT2D eigenvalue weighted by Gasteiger charge is -2.62. The summed E-state index contributed by atoms with van der Waals surface area (Å²) in [5.41, 5.74) is -0.789. The van der Waals surface area contributed by atoms with Gasteiger partial charge in [0, 0.05) is 23.1 Å². The summed E-state index contributed by atoms with van der Waals surface area (Å²) in [6.45, 7) is 0.175. The van der Waals surface area contributed by atoms with Crippen molar-refractivity contribution in [3.05, 3.63) is 39.8 Å². The minimum atomic E-state index is -0.994. The molecule has 0 spiro atoms. The maximum absolute atomic E-state index is 13.3. The largest absolute Gasteiger partial charge is 0.550 e. The van der Waals surface area contributed by atoms with Gasteiger partial charge in [-0.15, -0.1) is 0 Å². The quantitative estimate of drug-likeness (QED) is 0.775. The van der Waals surface area contributed by atoms with Crippen molar-refractivity contribution in [3.8, 4) is 11.5 Å². The Morgan fingerprint density at radius 2 is 1.94 bits per heavy atom. The average Bonchev–Trinajstić information content (AvgIpc) is 3.18. The van der Waals surface area contributed by atoms with E-state index in [9.17, 15) is 14.7 Å². The molecule has 4 fully saturated rings. The summed E-state index contributed by atoms with van der Waals surface area (Å²) in [5.74, 6) is 0.833. The van der Waals surface area contributed by atoms with E-state index in [1.807, 2.05) is 0 Å². The molecule has 31 heavy (non-hydrogen) atoms. The number of aliphatic carboxylic acids is 1. The molecule has 162 valence electrons. The topological polar surface area (TPSA) is 106 Å². The van der Waals surface area contributed by atoms with Gasteiger partial charge in [0.15, 0.2) is 11.5 Å². The molecule has 2 heterocycles. The van der Waals surface area contributed by atoms with E-state index < -0.39 is 22.5 Å². The lowest BCUT2D eigenvalue weighted by atomic mass is 9.47. The van der Waals surface area contributed by atoms with Gasteiger partial charge in [0.1, 0.15) is 5.02 Å². The first-order valence-electron chi connectivity index (χ1n) is 10.5. The molecule has 4 bridgehead atoms. The zero-order chi connectivity index (χ0) is 21.4. The zero-order valence-electron chi connectivity index (χ0n) is 16.7. The molecule has 1 aromatic carbocycles. The summed E-state index contributed by atoms with van der Waals surface area (Å²) < 4.78 is 12.2. The predicted octanol–water partition coefficient (Wildman–Crippen LogP) is 2.41. The second-order valence-electron chi connectivity index (χ2n) is 9.54. The number of hydrogen-bond acceptors (Lipinski definition) is 7. The van der Waals surface area contributed by atoms with Crippen LogP contribution in [0.5, 0.6) is 11.5 Å². The third kappa shape index (κ3) is 2.77. The number of ether oxygens (including phenoxy) is 2. The number of fused-ring (bicyclic) bond motifs is 1. The molecule has 0 saturated heterocycles. The number of nitrogens with zero attached hydrogens (tertiary/aromatic N) is 2. The summed E-state index contributed by atoms with van der Waals surface area (Å²) in [4.78, 5) is 25.3. The normalized spacial score (nSPS) is 32.3. The van der Waals surface area contributed by atoms with Crippen LogP contribution in [0.15, 0.2) is 29.2 Å². The van der Waals surface area contributed by atoms with Crippen molar-refractivity contribution in [1.82, 2.24) is 9.78 Å². The molecule has 1 aromatic heterocycles. The van der Waals surface area contributed by atoms with Crippen LogP contribution in [0.25, 0.3) is 0 Å². The van der Waals surface area contributed by atoms with E-state index in [-0.39, 0.29) is 23.7 Å². The van der Waals surface area contributed by atoms with E-state index in [4.69, 9.17) is 21.1 Å². The molecule has 5 aliphatic rings. The van der Waals surface area contributed by atoms with Crippen molar-refractivity contribution in [2.75, 3.05) is 12.1 Å². The monoisotopic (exact) mass is 442 g/mol. The summed E-state index contributed by atoms with van der Waals surface area (Å²) in [5, 5.41) is 19.7. The Morgan fingerprint density at radius 1 is 1.19 bits per heavy atom. The Bertz CT molecular complexity index is 1150. The number of anilines is 2. The number of benzene rings is 1. The SMILES string of the molecule is O=C([O-])C12C[C@H]3C[C@@H](C1)CC(n1ncc(Nc4ccc5c(c4)OCO5)c(Cl)c1=O)(C3)C2. The van der Waals surface area contributed by atoms with Gasteiger partial charge in [-0.1, -0.05) is 11.6 Å². The molecule has 1 N–H and O–H groups in total. The fourth-order valence-corrected chi connectivity index (χ4v) is 6.86.